The molecule has 1 aliphatic carbocycles. The molecule has 1 fully saturated rings. The number of amides is 1. The summed E-state index contributed by atoms with van der Waals surface area (Å²) in [4.78, 5) is 11.5. The molecule has 4 heteroatoms. The zero-order valence-corrected chi connectivity index (χ0v) is 9.41. The summed E-state index contributed by atoms with van der Waals surface area (Å²) in [5.74, 6) is 0.227. The molecule has 88 valence electrons. The third kappa shape index (κ3) is 4.18. The van der Waals surface area contributed by atoms with E-state index in [1.54, 1.807) is 0 Å². The van der Waals surface area contributed by atoms with Gasteiger partial charge in [-0.2, -0.15) is 0 Å². The van der Waals surface area contributed by atoms with Gasteiger partial charge in [-0.05, 0) is 25.3 Å². The Labute approximate surface area is 91.2 Å². The molecule has 0 aromatic heterocycles. The van der Waals surface area contributed by atoms with E-state index < -0.39 is 0 Å². The van der Waals surface area contributed by atoms with Gasteiger partial charge >= 0.3 is 0 Å². The average Bonchev–Trinajstić information content (AvgIpc) is 2.21. The van der Waals surface area contributed by atoms with Crippen LogP contribution in [-0.4, -0.2) is 29.7 Å². The van der Waals surface area contributed by atoms with E-state index in [2.05, 4.69) is 5.32 Å². The van der Waals surface area contributed by atoms with Crippen LogP contribution in [0.25, 0.3) is 0 Å². The quantitative estimate of drug-likeness (QED) is 0.633. The molecule has 0 aromatic carbocycles. The van der Waals surface area contributed by atoms with E-state index in [-0.39, 0.29) is 24.0 Å². The van der Waals surface area contributed by atoms with Crippen molar-refractivity contribution in [2.24, 2.45) is 11.7 Å². The number of hydrogen-bond acceptors (Lipinski definition) is 3. The molecule has 0 aromatic rings. The van der Waals surface area contributed by atoms with Gasteiger partial charge in [0, 0.05) is 6.42 Å². The van der Waals surface area contributed by atoms with Crippen molar-refractivity contribution in [2.75, 3.05) is 6.54 Å². The van der Waals surface area contributed by atoms with E-state index >= 15 is 0 Å². The highest BCUT2D eigenvalue weighted by molar-refractivity contribution is 5.76. The molecule has 1 amide bonds. The maximum absolute atomic E-state index is 11.5. The van der Waals surface area contributed by atoms with E-state index in [9.17, 15) is 9.90 Å². The second kappa shape index (κ2) is 6.08. The van der Waals surface area contributed by atoms with Crippen molar-refractivity contribution in [3.63, 3.8) is 0 Å². The minimum Gasteiger partial charge on any atom is -0.391 e. The SMILES string of the molecule is CC(CN)CC(=O)NC1CCCCC1O. The molecular formula is C11H22N2O2. The van der Waals surface area contributed by atoms with Gasteiger partial charge in [0.2, 0.25) is 5.91 Å². The fraction of sp³-hybridized carbons (Fsp3) is 0.909. The van der Waals surface area contributed by atoms with E-state index in [4.69, 9.17) is 5.73 Å². The van der Waals surface area contributed by atoms with Gasteiger partial charge in [-0.15, -0.1) is 0 Å². The van der Waals surface area contributed by atoms with Gasteiger partial charge in [0.1, 0.15) is 0 Å². The summed E-state index contributed by atoms with van der Waals surface area (Å²) in [5.41, 5.74) is 5.45. The van der Waals surface area contributed by atoms with Crippen molar-refractivity contribution < 1.29 is 9.90 Å². The minimum absolute atomic E-state index is 0.0129. The molecule has 0 bridgehead atoms. The molecule has 3 atom stereocenters. The molecule has 3 unspecified atom stereocenters. The maximum atomic E-state index is 11.5. The predicted octanol–water partition coefficient (Wildman–Crippen LogP) is 0.391. The van der Waals surface area contributed by atoms with Gasteiger partial charge < -0.3 is 16.2 Å². The monoisotopic (exact) mass is 214 g/mol. The fourth-order valence-electron chi connectivity index (χ4n) is 1.95. The summed E-state index contributed by atoms with van der Waals surface area (Å²) in [6.07, 6.45) is 3.94. The summed E-state index contributed by atoms with van der Waals surface area (Å²) in [5, 5.41) is 12.6. The molecule has 0 spiro atoms. The molecule has 4 N–H and O–H groups in total. The van der Waals surface area contributed by atoms with Crippen molar-refractivity contribution in [1.29, 1.82) is 0 Å². The Balaban J connectivity index is 2.29. The second-order valence-electron chi connectivity index (χ2n) is 4.57. The van der Waals surface area contributed by atoms with Gasteiger partial charge in [-0.3, -0.25) is 4.79 Å². The van der Waals surface area contributed by atoms with Crippen LogP contribution in [-0.2, 0) is 4.79 Å². The summed E-state index contributed by atoms with van der Waals surface area (Å²) < 4.78 is 0. The Morgan fingerprint density at radius 3 is 2.80 bits per heavy atom. The summed E-state index contributed by atoms with van der Waals surface area (Å²) >= 11 is 0. The maximum Gasteiger partial charge on any atom is 0.220 e. The molecule has 1 rings (SSSR count). The van der Waals surface area contributed by atoms with Crippen molar-refractivity contribution in [2.45, 2.75) is 51.2 Å². The molecular weight excluding hydrogens is 192 g/mol. The topological polar surface area (TPSA) is 75.4 Å². The number of aliphatic hydroxyl groups excluding tert-OH is 1. The molecule has 0 heterocycles. The number of hydrogen-bond donors (Lipinski definition) is 3. The number of nitrogens with two attached hydrogens (primary N) is 1. The molecule has 1 saturated carbocycles. The molecule has 0 radical (unpaired) electrons. The van der Waals surface area contributed by atoms with Crippen LogP contribution in [0.4, 0.5) is 0 Å². The molecule has 1 aliphatic rings. The first kappa shape index (κ1) is 12.5. The van der Waals surface area contributed by atoms with Crippen molar-refractivity contribution in [3.8, 4) is 0 Å². The smallest absolute Gasteiger partial charge is 0.220 e. The van der Waals surface area contributed by atoms with Crippen LogP contribution in [0.3, 0.4) is 0 Å². The first-order chi connectivity index (χ1) is 7.13. The van der Waals surface area contributed by atoms with Crippen molar-refractivity contribution in [3.05, 3.63) is 0 Å². The van der Waals surface area contributed by atoms with E-state index in [1.165, 1.54) is 0 Å². The van der Waals surface area contributed by atoms with Crippen LogP contribution in [0.5, 0.6) is 0 Å². The van der Waals surface area contributed by atoms with Crippen LogP contribution >= 0.6 is 0 Å². The number of carbonyl (C=O) groups excluding carboxylic acids is 1. The fourth-order valence-corrected chi connectivity index (χ4v) is 1.95. The Bertz CT molecular complexity index is 209. The van der Waals surface area contributed by atoms with Crippen LogP contribution in [0.2, 0.25) is 0 Å². The number of carbonyl (C=O) groups is 1. The van der Waals surface area contributed by atoms with Gasteiger partial charge in [0.05, 0.1) is 12.1 Å². The highest BCUT2D eigenvalue weighted by atomic mass is 16.3. The van der Waals surface area contributed by atoms with Gasteiger partial charge in [0.15, 0.2) is 0 Å². The minimum atomic E-state index is -0.365. The Kier molecular flexibility index (Phi) is 5.05. The van der Waals surface area contributed by atoms with Crippen LogP contribution in [0, 0.1) is 5.92 Å². The van der Waals surface area contributed by atoms with E-state index in [0.29, 0.717) is 13.0 Å². The zero-order valence-electron chi connectivity index (χ0n) is 9.41. The third-order valence-electron chi connectivity index (χ3n) is 3.01. The highest BCUT2D eigenvalue weighted by Crippen LogP contribution is 2.18. The largest absolute Gasteiger partial charge is 0.391 e. The Hall–Kier alpha value is -0.610. The number of rotatable bonds is 4. The van der Waals surface area contributed by atoms with Crippen LogP contribution < -0.4 is 11.1 Å². The molecule has 15 heavy (non-hydrogen) atoms. The summed E-state index contributed by atoms with van der Waals surface area (Å²) in [6, 6.07) is -0.0452. The first-order valence-corrected chi connectivity index (χ1v) is 5.81. The van der Waals surface area contributed by atoms with Gasteiger partial charge in [-0.25, -0.2) is 0 Å². The predicted molar refractivity (Wildman–Crippen MR) is 59.2 cm³/mol. The van der Waals surface area contributed by atoms with E-state index in [1.807, 2.05) is 6.92 Å². The number of nitrogens with one attached hydrogen (secondary N) is 1. The highest BCUT2D eigenvalue weighted by Gasteiger charge is 2.24. The lowest BCUT2D eigenvalue weighted by molar-refractivity contribution is -0.123. The average molecular weight is 214 g/mol. The van der Waals surface area contributed by atoms with Crippen molar-refractivity contribution in [1.82, 2.24) is 5.32 Å². The lowest BCUT2D eigenvalue weighted by Gasteiger charge is -2.28. The lowest BCUT2D eigenvalue weighted by atomic mass is 9.92. The standard InChI is InChI=1S/C11H22N2O2/c1-8(7-12)6-11(15)13-9-4-2-3-5-10(9)14/h8-10,14H,2-7,12H2,1H3,(H,13,15). The lowest BCUT2D eigenvalue weighted by Crippen LogP contribution is -2.45. The zero-order chi connectivity index (χ0) is 11.3. The van der Waals surface area contributed by atoms with Crippen LogP contribution in [0.15, 0.2) is 0 Å². The first-order valence-electron chi connectivity index (χ1n) is 5.81. The van der Waals surface area contributed by atoms with Gasteiger partial charge in [0.25, 0.3) is 0 Å². The van der Waals surface area contributed by atoms with Crippen LogP contribution in [0.1, 0.15) is 39.0 Å². The van der Waals surface area contributed by atoms with E-state index in [0.717, 1.165) is 25.7 Å². The summed E-state index contributed by atoms with van der Waals surface area (Å²) in [7, 11) is 0. The van der Waals surface area contributed by atoms with Gasteiger partial charge in [-0.1, -0.05) is 19.8 Å². The molecule has 0 aliphatic heterocycles. The Morgan fingerprint density at radius 1 is 1.53 bits per heavy atom. The third-order valence-corrected chi connectivity index (χ3v) is 3.01. The molecule has 4 nitrogen and oxygen atoms in total. The summed E-state index contributed by atoms with van der Waals surface area (Å²) in [6.45, 7) is 2.48. The second-order valence-corrected chi connectivity index (χ2v) is 4.57. The molecule has 0 saturated heterocycles. The van der Waals surface area contributed by atoms with Crippen molar-refractivity contribution >= 4 is 5.91 Å². The Morgan fingerprint density at radius 2 is 2.20 bits per heavy atom. The normalized spacial score (nSPS) is 28.5. The number of aliphatic hydroxyl groups is 1.